The number of carbonyl (C=O) groups is 3. The third kappa shape index (κ3) is 4.32. The maximum Gasteiger partial charge on any atom is 0.279 e. The van der Waals surface area contributed by atoms with Crippen LogP contribution in [0.15, 0.2) is 6.07 Å². The van der Waals surface area contributed by atoms with Crippen molar-refractivity contribution in [1.82, 2.24) is 15.8 Å². The van der Waals surface area contributed by atoms with E-state index in [2.05, 4.69) is 10.9 Å². The number of nitrogens with zero attached hydrogens (tertiary/aromatic N) is 1. The van der Waals surface area contributed by atoms with E-state index in [-0.39, 0.29) is 42.3 Å². The predicted molar refractivity (Wildman–Crippen MR) is 101 cm³/mol. The number of hydrogen-bond acceptors (Lipinski definition) is 6. The van der Waals surface area contributed by atoms with Crippen LogP contribution in [0.2, 0.25) is 0 Å². The molecule has 2 aliphatic rings. The Morgan fingerprint density at radius 2 is 2.07 bits per heavy atom. The van der Waals surface area contributed by atoms with Crippen molar-refractivity contribution < 1.29 is 22.8 Å². The van der Waals surface area contributed by atoms with Gasteiger partial charge >= 0.3 is 0 Å². The fourth-order valence-electron chi connectivity index (χ4n) is 3.55. The van der Waals surface area contributed by atoms with E-state index in [1.807, 2.05) is 13.8 Å². The van der Waals surface area contributed by atoms with Crippen LogP contribution in [0, 0.1) is 12.8 Å². The summed E-state index contributed by atoms with van der Waals surface area (Å²) in [6.07, 6.45) is 1.28. The van der Waals surface area contributed by atoms with Gasteiger partial charge in [-0.05, 0) is 31.4 Å². The van der Waals surface area contributed by atoms with Crippen LogP contribution in [0.5, 0.6) is 0 Å². The maximum atomic E-state index is 12.3. The minimum absolute atomic E-state index is 0.0242. The molecule has 1 aromatic rings. The average molecular weight is 414 g/mol. The van der Waals surface area contributed by atoms with Gasteiger partial charge in [-0.3, -0.25) is 25.2 Å². The van der Waals surface area contributed by atoms with E-state index in [1.165, 1.54) is 16.2 Å². The number of likely N-dealkylation sites (tertiary alicyclic amines) is 1. The number of thiophene rings is 1. The zero-order valence-electron chi connectivity index (χ0n) is 15.3. The summed E-state index contributed by atoms with van der Waals surface area (Å²) in [5.41, 5.74) is 5.83. The SMILES string of the molecule is CCc1sc(C(=O)NNC(=O)[C@@H]2CC(=O)N([C@H]3CCS(=O)(=O)C3)C2)cc1C. The molecular formula is C17H23N3O5S2. The molecule has 27 heavy (non-hydrogen) atoms. The molecular weight excluding hydrogens is 390 g/mol. The van der Waals surface area contributed by atoms with Gasteiger partial charge < -0.3 is 4.90 Å². The molecule has 8 nitrogen and oxygen atoms in total. The van der Waals surface area contributed by atoms with Crippen LogP contribution in [0.4, 0.5) is 0 Å². The molecule has 1 aromatic heterocycles. The van der Waals surface area contributed by atoms with Gasteiger partial charge in [-0.15, -0.1) is 11.3 Å². The monoisotopic (exact) mass is 413 g/mol. The standard InChI is InChI=1S/C17H23N3O5S2/c1-3-13-10(2)6-14(26-13)17(23)19-18-16(22)11-7-15(21)20(8-11)12-4-5-27(24,25)9-12/h6,11-12H,3-5,7-9H2,1-2H3,(H,18,22)(H,19,23)/t11-,12+/m1/s1. The van der Waals surface area contributed by atoms with Crippen LogP contribution >= 0.6 is 11.3 Å². The van der Waals surface area contributed by atoms with Gasteiger partial charge in [-0.1, -0.05) is 6.92 Å². The molecule has 10 heteroatoms. The van der Waals surface area contributed by atoms with E-state index in [0.29, 0.717) is 11.3 Å². The first-order valence-corrected chi connectivity index (χ1v) is 11.5. The Hall–Kier alpha value is -1.94. The maximum absolute atomic E-state index is 12.3. The molecule has 3 rings (SSSR count). The summed E-state index contributed by atoms with van der Waals surface area (Å²) in [6.45, 7) is 4.13. The van der Waals surface area contributed by atoms with Crippen LogP contribution < -0.4 is 10.9 Å². The van der Waals surface area contributed by atoms with Crippen LogP contribution in [0.3, 0.4) is 0 Å². The number of nitrogens with one attached hydrogen (secondary N) is 2. The van der Waals surface area contributed by atoms with E-state index in [0.717, 1.165) is 16.9 Å². The zero-order chi connectivity index (χ0) is 19.8. The Balaban J connectivity index is 1.54. The number of amides is 3. The molecule has 2 saturated heterocycles. The summed E-state index contributed by atoms with van der Waals surface area (Å²) < 4.78 is 23.2. The van der Waals surface area contributed by atoms with E-state index in [1.54, 1.807) is 6.07 Å². The van der Waals surface area contributed by atoms with E-state index < -0.39 is 21.7 Å². The van der Waals surface area contributed by atoms with Crippen molar-refractivity contribution in [3.8, 4) is 0 Å². The summed E-state index contributed by atoms with van der Waals surface area (Å²) in [6, 6.07) is 1.43. The van der Waals surface area contributed by atoms with Crippen molar-refractivity contribution in [3.63, 3.8) is 0 Å². The zero-order valence-corrected chi connectivity index (χ0v) is 16.9. The molecule has 0 aliphatic carbocycles. The van der Waals surface area contributed by atoms with Crippen LogP contribution in [0.1, 0.15) is 39.9 Å². The van der Waals surface area contributed by atoms with Gasteiger partial charge in [0, 0.05) is 23.9 Å². The van der Waals surface area contributed by atoms with Crippen molar-refractivity contribution in [2.45, 2.75) is 39.2 Å². The Kier molecular flexibility index (Phi) is 5.57. The van der Waals surface area contributed by atoms with E-state index in [4.69, 9.17) is 0 Å². The summed E-state index contributed by atoms with van der Waals surface area (Å²) >= 11 is 1.39. The number of aryl methyl sites for hydroxylation is 2. The first-order valence-electron chi connectivity index (χ1n) is 8.89. The number of hydrazine groups is 1. The van der Waals surface area contributed by atoms with Crippen molar-refractivity contribution in [2.24, 2.45) is 5.92 Å². The fraction of sp³-hybridized carbons (Fsp3) is 0.588. The van der Waals surface area contributed by atoms with Crippen LogP contribution in [0.25, 0.3) is 0 Å². The number of carbonyl (C=O) groups excluding carboxylic acids is 3. The van der Waals surface area contributed by atoms with Gasteiger partial charge in [-0.25, -0.2) is 8.42 Å². The molecule has 2 aliphatic heterocycles. The predicted octanol–water partition coefficient (Wildman–Crippen LogP) is 0.416. The minimum atomic E-state index is -3.10. The second-order valence-corrected chi connectivity index (χ2v) is 10.4. The lowest BCUT2D eigenvalue weighted by atomic mass is 10.1. The highest BCUT2D eigenvalue weighted by molar-refractivity contribution is 7.91. The molecule has 0 radical (unpaired) electrons. The Morgan fingerprint density at radius 1 is 1.33 bits per heavy atom. The Morgan fingerprint density at radius 3 is 2.67 bits per heavy atom. The number of hydrogen-bond donors (Lipinski definition) is 2. The van der Waals surface area contributed by atoms with Crippen molar-refractivity contribution in [2.75, 3.05) is 18.1 Å². The molecule has 3 amide bonds. The molecule has 0 bridgehead atoms. The summed E-state index contributed by atoms with van der Waals surface area (Å²) in [5, 5.41) is 0. The first kappa shape index (κ1) is 19.8. The molecule has 0 unspecified atom stereocenters. The number of sulfone groups is 1. The molecule has 3 heterocycles. The molecule has 2 atom stereocenters. The quantitative estimate of drug-likeness (QED) is 0.695. The van der Waals surface area contributed by atoms with Gasteiger partial charge in [-0.2, -0.15) is 0 Å². The fourth-order valence-corrected chi connectivity index (χ4v) is 6.29. The largest absolute Gasteiger partial charge is 0.338 e. The molecule has 0 aromatic carbocycles. The lowest BCUT2D eigenvalue weighted by molar-refractivity contribution is -0.130. The molecule has 2 fully saturated rings. The summed E-state index contributed by atoms with van der Waals surface area (Å²) in [5.74, 6) is -1.61. The highest BCUT2D eigenvalue weighted by Gasteiger charge is 2.42. The summed E-state index contributed by atoms with van der Waals surface area (Å²) in [7, 11) is -3.10. The van der Waals surface area contributed by atoms with E-state index in [9.17, 15) is 22.8 Å². The average Bonchev–Trinajstić information content (AvgIpc) is 3.28. The smallest absolute Gasteiger partial charge is 0.279 e. The van der Waals surface area contributed by atoms with Crippen LogP contribution in [-0.2, 0) is 25.8 Å². The van der Waals surface area contributed by atoms with Gasteiger partial charge in [0.2, 0.25) is 11.8 Å². The minimum Gasteiger partial charge on any atom is -0.338 e. The highest BCUT2D eigenvalue weighted by Crippen LogP contribution is 2.26. The molecule has 2 N–H and O–H groups in total. The molecule has 0 spiro atoms. The highest BCUT2D eigenvalue weighted by atomic mass is 32.2. The lowest BCUT2D eigenvalue weighted by Crippen LogP contribution is -2.45. The van der Waals surface area contributed by atoms with E-state index >= 15 is 0 Å². The third-order valence-corrected chi connectivity index (χ3v) is 8.17. The molecule has 0 saturated carbocycles. The second-order valence-electron chi connectivity index (χ2n) is 7.02. The van der Waals surface area contributed by atoms with Gasteiger partial charge in [0.05, 0.1) is 22.3 Å². The first-order chi connectivity index (χ1) is 12.7. The van der Waals surface area contributed by atoms with Gasteiger partial charge in [0.1, 0.15) is 0 Å². The Bertz CT molecular complexity index is 877. The number of rotatable bonds is 4. The lowest BCUT2D eigenvalue weighted by Gasteiger charge is -2.22. The van der Waals surface area contributed by atoms with Crippen LogP contribution in [-0.4, -0.2) is 55.1 Å². The third-order valence-electron chi connectivity index (χ3n) is 5.04. The Labute approximate surface area is 162 Å². The molecule has 148 valence electrons. The topological polar surface area (TPSA) is 113 Å². The van der Waals surface area contributed by atoms with Crippen molar-refractivity contribution in [3.05, 3.63) is 21.4 Å². The van der Waals surface area contributed by atoms with Gasteiger partial charge in [0.15, 0.2) is 9.84 Å². The van der Waals surface area contributed by atoms with Gasteiger partial charge in [0.25, 0.3) is 5.91 Å². The second kappa shape index (κ2) is 7.59. The van der Waals surface area contributed by atoms with Crippen molar-refractivity contribution >= 4 is 38.9 Å². The van der Waals surface area contributed by atoms with Crippen molar-refractivity contribution in [1.29, 1.82) is 0 Å². The normalized spacial score (nSPS) is 24.2. The summed E-state index contributed by atoms with van der Waals surface area (Å²) in [4.78, 5) is 39.8.